The fourth-order valence-corrected chi connectivity index (χ4v) is 4.65. The Kier molecular flexibility index (Phi) is 20.2. The number of unbranched alkanes of at least 4 members (excludes halogenated alkanes) is 11. The van der Waals surface area contributed by atoms with Gasteiger partial charge >= 0.3 is 13.3 Å². The van der Waals surface area contributed by atoms with Crippen LogP contribution in [0.25, 0.3) is 0 Å². The van der Waals surface area contributed by atoms with Crippen molar-refractivity contribution in [2.75, 3.05) is 38.5 Å². The molecule has 1 unspecified atom stereocenters. The third kappa shape index (κ3) is 18.7. The van der Waals surface area contributed by atoms with Gasteiger partial charge in [0, 0.05) is 12.8 Å². The summed E-state index contributed by atoms with van der Waals surface area (Å²) in [7, 11) is -4.02. The quantitative estimate of drug-likeness (QED) is 0.0853. The molecular formula is C27H50N3O7P. The van der Waals surface area contributed by atoms with Gasteiger partial charge in [0.15, 0.2) is 0 Å². The number of anilines is 1. The molecule has 2 atom stereocenters. The topological polar surface area (TPSA) is 146 Å². The Morgan fingerprint density at radius 3 is 2.26 bits per heavy atom. The molecule has 10 nitrogen and oxygen atoms in total. The molecule has 11 heteroatoms. The first-order valence-electron chi connectivity index (χ1n) is 14.1. The molecule has 0 aromatic carbocycles. The van der Waals surface area contributed by atoms with Gasteiger partial charge in [-0.15, -0.1) is 0 Å². The number of rotatable bonds is 25. The maximum absolute atomic E-state index is 12.1. The van der Waals surface area contributed by atoms with E-state index in [0.717, 1.165) is 19.3 Å². The summed E-state index contributed by atoms with van der Waals surface area (Å²) in [5, 5.41) is 9.45. The lowest BCUT2D eigenvalue weighted by Crippen LogP contribution is -2.32. The van der Waals surface area contributed by atoms with Crippen molar-refractivity contribution < 1.29 is 28.6 Å². The van der Waals surface area contributed by atoms with E-state index in [4.69, 9.17) is 19.7 Å². The fourth-order valence-electron chi connectivity index (χ4n) is 3.82. The van der Waals surface area contributed by atoms with Crippen LogP contribution in [0.2, 0.25) is 0 Å². The van der Waals surface area contributed by atoms with Crippen LogP contribution in [-0.2, 0) is 25.1 Å². The maximum atomic E-state index is 12.1. The van der Waals surface area contributed by atoms with Crippen LogP contribution in [0.3, 0.4) is 0 Å². The summed E-state index contributed by atoms with van der Waals surface area (Å²) in [6, 6.07) is 1.44. The van der Waals surface area contributed by atoms with Crippen molar-refractivity contribution in [3.63, 3.8) is 0 Å². The highest BCUT2D eigenvalue weighted by atomic mass is 31.2. The Morgan fingerprint density at radius 1 is 1.00 bits per heavy atom. The van der Waals surface area contributed by atoms with E-state index in [9.17, 15) is 19.4 Å². The molecule has 0 aliphatic carbocycles. The van der Waals surface area contributed by atoms with Crippen molar-refractivity contribution >= 4 is 13.4 Å². The van der Waals surface area contributed by atoms with Gasteiger partial charge in [0.2, 0.25) is 0 Å². The first kappa shape index (κ1) is 34.5. The van der Waals surface area contributed by atoms with Gasteiger partial charge in [-0.1, -0.05) is 70.4 Å². The number of ether oxygens (including phenoxy) is 2. The molecule has 1 aromatic rings. The predicted octanol–water partition coefficient (Wildman–Crippen LogP) is 5.03. The minimum Gasteiger partial charge on any atom is -0.394 e. The van der Waals surface area contributed by atoms with E-state index >= 15 is 0 Å². The van der Waals surface area contributed by atoms with E-state index in [-0.39, 0.29) is 25.6 Å². The van der Waals surface area contributed by atoms with E-state index in [1.54, 1.807) is 0 Å². The lowest BCUT2D eigenvalue weighted by Gasteiger charge is -2.19. The monoisotopic (exact) mass is 559 g/mol. The number of nitrogens with zero attached hydrogens (tertiary/aromatic N) is 2. The average molecular weight is 560 g/mol. The third-order valence-electron chi connectivity index (χ3n) is 6.04. The van der Waals surface area contributed by atoms with Crippen molar-refractivity contribution in [3.05, 3.63) is 34.9 Å². The van der Waals surface area contributed by atoms with Gasteiger partial charge in [0.25, 0.3) is 0 Å². The lowest BCUT2D eigenvalue weighted by atomic mass is 10.1. The van der Waals surface area contributed by atoms with Crippen LogP contribution in [0.15, 0.2) is 29.2 Å². The summed E-state index contributed by atoms with van der Waals surface area (Å²) in [5.41, 5.74) is 4.85. The maximum Gasteiger partial charge on any atom is 0.353 e. The van der Waals surface area contributed by atoms with Crippen molar-refractivity contribution in [1.29, 1.82) is 0 Å². The minimum atomic E-state index is -4.02. The highest BCUT2D eigenvalue weighted by Crippen LogP contribution is 2.41. The molecule has 0 radical (unpaired) electrons. The summed E-state index contributed by atoms with van der Waals surface area (Å²) in [5.74, 6) is 0.0837. The van der Waals surface area contributed by atoms with E-state index in [1.807, 2.05) is 0 Å². The Balaban J connectivity index is 1.98. The summed E-state index contributed by atoms with van der Waals surface area (Å²) in [4.78, 5) is 25.3. The standard InChI is InChI=1S/C27H50N3O7P/c1-2-3-4-5-6-7-8-9-10-11-12-13-14-15-16-19-35-20-21-37-38(33,34)24-36-25(23-31)22-30-18-17-26(28)29-27(30)32/h9-10,17-18,25,31H,2-8,11-16,19-24H2,1H3,(H,33,34)(H2,28,29,32)/t25-/m0/s1. The van der Waals surface area contributed by atoms with Gasteiger partial charge in [-0.25, -0.2) is 4.79 Å². The molecule has 1 rings (SSSR count). The van der Waals surface area contributed by atoms with E-state index in [2.05, 4.69) is 24.1 Å². The van der Waals surface area contributed by atoms with Gasteiger partial charge in [-0.3, -0.25) is 9.13 Å². The largest absolute Gasteiger partial charge is 0.394 e. The Bertz CT molecular complexity index is 850. The molecule has 0 amide bonds. The number of aliphatic hydroxyl groups is 1. The smallest absolute Gasteiger partial charge is 0.353 e. The molecule has 1 heterocycles. The van der Waals surface area contributed by atoms with E-state index < -0.39 is 32.3 Å². The van der Waals surface area contributed by atoms with E-state index in [0.29, 0.717) is 6.61 Å². The first-order valence-corrected chi connectivity index (χ1v) is 15.9. The second-order valence-corrected chi connectivity index (χ2v) is 11.3. The van der Waals surface area contributed by atoms with Crippen LogP contribution in [-0.4, -0.2) is 58.4 Å². The highest BCUT2D eigenvalue weighted by molar-refractivity contribution is 7.52. The second-order valence-electron chi connectivity index (χ2n) is 9.56. The molecule has 0 bridgehead atoms. The fraction of sp³-hybridized carbons (Fsp3) is 0.778. The van der Waals surface area contributed by atoms with Gasteiger partial charge in [0.1, 0.15) is 12.2 Å². The number of aliphatic hydroxyl groups excluding tert-OH is 1. The van der Waals surface area contributed by atoms with Crippen molar-refractivity contribution in [1.82, 2.24) is 9.55 Å². The second kappa shape index (κ2) is 22.3. The minimum absolute atomic E-state index is 0.0344. The molecule has 4 N–H and O–H groups in total. The number of aromatic nitrogens is 2. The summed E-state index contributed by atoms with van der Waals surface area (Å²) in [6.07, 6.45) is 20.7. The number of nitrogen functional groups attached to an aromatic ring is 1. The van der Waals surface area contributed by atoms with Gasteiger partial charge in [-0.05, 0) is 38.2 Å². The van der Waals surface area contributed by atoms with Gasteiger partial charge in [-0.2, -0.15) is 4.98 Å². The molecule has 220 valence electrons. The molecule has 0 aliphatic rings. The molecule has 0 fully saturated rings. The first-order chi connectivity index (χ1) is 18.4. The molecule has 0 spiro atoms. The van der Waals surface area contributed by atoms with Crippen molar-refractivity contribution in [2.24, 2.45) is 0 Å². The molecular weight excluding hydrogens is 509 g/mol. The van der Waals surface area contributed by atoms with Gasteiger partial charge in [0.05, 0.1) is 32.5 Å². The zero-order valence-electron chi connectivity index (χ0n) is 23.2. The van der Waals surface area contributed by atoms with Crippen molar-refractivity contribution in [2.45, 2.75) is 103 Å². The Morgan fingerprint density at radius 2 is 1.63 bits per heavy atom. The third-order valence-corrected chi connectivity index (χ3v) is 7.11. The zero-order chi connectivity index (χ0) is 27.9. The van der Waals surface area contributed by atoms with Crippen LogP contribution in [0.4, 0.5) is 5.82 Å². The van der Waals surface area contributed by atoms with Crippen molar-refractivity contribution in [3.8, 4) is 0 Å². The number of nitrogens with two attached hydrogens (primary N) is 1. The number of hydrogen-bond acceptors (Lipinski definition) is 8. The zero-order valence-corrected chi connectivity index (χ0v) is 24.1. The summed E-state index contributed by atoms with van der Waals surface area (Å²) >= 11 is 0. The van der Waals surface area contributed by atoms with Crippen LogP contribution in [0.1, 0.15) is 90.4 Å². The average Bonchev–Trinajstić information content (AvgIpc) is 2.89. The number of allylic oxidation sites excluding steroid dienone is 2. The van der Waals surface area contributed by atoms with Crippen LogP contribution in [0.5, 0.6) is 0 Å². The Labute approximate surface area is 228 Å². The summed E-state index contributed by atoms with van der Waals surface area (Å²) in [6.45, 7) is 2.53. The Hall–Kier alpha value is -1.55. The van der Waals surface area contributed by atoms with Crippen LogP contribution < -0.4 is 11.4 Å². The molecule has 0 saturated heterocycles. The van der Waals surface area contributed by atoms with Gasteiger partial charge < -0.3 is 29.7 Å². The van der Waals surface area contributed by atoms with Crippen LogP contribution >= 0.6 is 7.60 Å². The summed E-state index contributed by atoms with van der Waals surface area (Å²) < 4.78 is 29.1. The lowest BCUT2D eigenvalue weighted by molar-refractivity contribution is 0.0147. The normalized spacial score (nSPS) is 14.2. The highest BCUT2D eigenvalue weighted by Gasteiger charge is 2.22. The SMILES string of the molecule is CCCCCCCCC=CCCCCCCCOCCOP(=O)(O)CO[C@H](CO)Cn1ccc(N)nc1=O. The molecule has 38 heavy (non-hydrogen) atoms. The van der Waals surface area contributed by atoms with Crippen LogP contribution in [0, 0.1) is 0 Å². The molecule has 0 aliphatic heterocycles. The van der Waals surface area contributed by atoms with E-state index in [1.165, 1.54) is 81.0 Å². The molecule has 0 saturated carbocycles. The number of hydrogen-bond donors (Lipinski definition) is 3. The predicted molar refractivity (Wildman–Crippen MR) is 151 cm³/mol. The molecule has 1 aromatic heterocycles.